The van der Waals surface area contributed by atoms with Crippen molar-refractivity contribution in [2.75, 3.05) is 14.2 Å². The van der Waals surface area contributed by atoms with Crippen LogP contribution in [0.15, 0.2) is 12.1 Å². The van der Waals surface area contributed by atoms with Crippen LogP contribution >= 0.6 is 0 Å². The minimum atomic E-state index is 0.906. The topological polar surface area (TPSA) is 18.5 Å². The number of hydrogen-bond donors (Lipinski definition) is 0. The van der Waals surface area contributed by atoms with E-state index in [1.54, 1.807) is 14.2 Å². The Balaban J connectivity index is 2.51. The van der Waals surface area contributed by atoms with Gasteiger partial charge in [0.2, 0.25) is 0 Å². The second-order valence-electron chi connectivity index (χ2n) is 5.10. The first-order chi connectivity index (χ1) is 9.24. The predicted octanol–water partition coefficient (Wildman–Crippen LogP) is 4.92. The highest BCUT2D eigenvalue weighted by molar-refractivity contribution is 5.49. The van der Waals surface area contributed by atoms with Crippen LogP contribution in [0.25, 0.3) is 0 Å². The van der Waals surface area contributed by atoms with Gasteiger partial charge in [-0.2, -0.15) is 0 Å². The quantitative estimate of drug-likeness (QED) is 0.590. The molecule has 1 aromatic rings. The van der Waals surface area contributed by atoms with Gasteiger partial charge in [0.15, 0.2) is 0 Å². The zero-order chi connectivity index (χ0) is 14.1. The molecule has 0 saturated heterocycles. The molecule has 2 heteroatoms. The Morgan fingerprint density at radius 2 is 1.58 bits per heavy atom. The fourth-order valence-electron chi connectivity index (χ4n) is 2.53. The van der Waals surface area contributed by atoms with E-state index in [2.05, 4.69) is 19.9 Å². The van der Waals surface area contributed by atoms with Crippen molar-refractivity contribution in [3.05, 3.63) is 23.3 Å². The average molecular weight is 264 g/mol. The highest BCUT2D eigenvalue weighted by Crippen LogP contribution is 2.32. The molecule has 1 rings (SSSR count). The standard InChI is InChI=1S/C17H28O2/c1-5-6-7-8-9-10-11-15-12-13-16(18-3)14(2)17(15)19-4/h12-13H,5-11H2,1-4H3. The molecule has 0 bridgehead atoms. The van der Waals surface area contributed by atoms with Gasteiger partial charge in [-0.25, -0.2) is 0 Å². The van der Waals surface area contributed by atoms with Gasteiger partial charge in [0.05, 0.1) is 14.2 Å². The maximum absolute atomic E-state index is 5.53. The lowest BCUT2D eigenvalue weighted by Gasteiger charge is -2.14. The van der Waals surface area contributed by atoms with E-state index < -0.39 is 0 Å². The molecular weight excluding hydrogens is 236 g/mol. The Bertz CT molecular complexity index is 372. The number of rotatable bonds is 9. The number of unbranched alkanes of at least 4 members (excludes halogenated alkanes) is 5. The van der Waals surface area contributed by atoms with E-state index in [9.17, 15) is 0 Å². The Morgan fingerprint density at radius 3 is 2.21 bits per heavy atom. The summed E-state index contributed by atoms with van der Waals surface area (Å²) in [7, 11) is 3.45. The summed E-state index contributed by atoms with van der Waals surface area (Å²) in [6.45, 7) is 4.31. The van der Waals surface area contributed by atoms with Crippen molar-refractivity contribution < 1.29 is 9.47 Å². The zero-order valence-corrected chi connectivity index (χ0v) is 12.9. The molecule has 0 amide bonds. The summed E-state index contributed by atoms with van der Waals surface area (Å²) < 4.78 is 10.9. The van der Waals surface area contributed by atoms with Crippen molar-refractivity contribution in [2.24, 2.45) is 0 Å². The molecule has 0 aliphatic rings. The number of hydrogen-bond acceptors (Lipinski definition) is 2. The monoisotopic (exact) mass is 264 g/mol. The maximum atomic E-state index is 5.53. The van der Waals surface area contributed by atoms with Crippen LogP contribution in [0.3, 0.4) is 0 Å². The zero-order valence-electron chi connectivity index (χ0n) is 12.9. The van der Waals surface area contributed by atoms with E-state index in [4.69, 9.17) is 9.47 Å². The van der Waals surface area contributed by atoms with Crippen LogP contribution in [0.2, 0.25) is 0 Å². The van der Waals surface area contributed by atoms with Crippen LogP contribution in [0, 0.1) is 6.92 Å². The summed E-state index contributed by atoms with van der Waals surface area (Å²) in [6.07, 6.45) is 9.05. The van der Waals surface area contributed by atoms with Crippen LogP contribution in [-0.4, -0.2) is 14.2 Å². The predicted molar refractivity (Wildman–Crippen MR) is 81.4 cm³/mol. The van der Waals surface area contributed by atoms with Crippen LogP contribution in [0.1, 0.15) is 56.6 Å². The van der Waals surface area contributed by atoms with E-state index in [0.717, 1.165) is 23.5 Å². The van der Waals surface area contributed by atoms with Crippen LogP contribution in [0.5, 0.6) is 11.5 Å². The first-order valence-electron chi connectivity index (χ1n) is 7.45. The molecule has 19 heavy (non-hydrogen) atoms. The maximum Gasteiger partial charge on any atom is 0.128 e. The smallest absolute Gasteiger partial charge is 0.128 e. The molecule has 0 aliphatic heterocycles. The summed E-state index contributed by atoms with van der Waals surface area (Å²) in [5.41, 5.74) is 2.41. The summed E-state index contributed by atoms with van der Waals surface area (Å²) in [4.78, 5) is 0. The summed E-state index contributed by atoms with van der Waals surface area (Å²) >= 11 is 0. The number of ether oxygens (including phenoxy) is 2. The number of methoxy groups -OCH3 is 2. The molecular formula is C17H28O2. The molecule has 0 fully saturated rings. The van der Waals surface area contributed by atoms with E-state index in [0.29, 0.717) is 0 Å². The second kappa shape index (κ2) is 8.84. The third kappa shape index (κ3) is 4.77. The van der Waals surface area contributed by atoms with E-state index in [1.165, 1.54) is 44.1 Å². The lowest BCUT2D eigenvalue weighted by Crippen LogP contribution is -1.98. The highest BCUT2D eigenvalue weighted by Gasteiger charge is 2.10. The third-order valence-electron chi connectivity index (χ3n) is 3.66. The molecule has 0 aromatic heterocycles. The molecule has 1 aromatic carbocycles. The van der Waals surface area contributed by atoms with Crippen molar-refractivity contribution in [2.45, 2.75) is 58.8 Å². The van der Waals surface area contributed by atoms with Gasteiger partial charge < -0.3 is 9.47 Å². The van der Waals surface area contributed by atoms with Crippen LogP contribution in [0.4, 0.5) is 0 Å². The van der Waals surface area contributed by atoms with Gasteiger partial charge in [-0.1, -0.05) is 45.1 Å². The van der Waals surface area contributed by atoms with E-state index in [-0.39, 0.29) is 0 Å². The van der Waals surface area contributed by atoms with Crippen molar-refractivity contribution in [1.29, 1.82) is 0 Å². The highest BCUT2D eigenvalue weighted by atomic mass is 16.5. The van der Waals surface area contributed by atoms with Crippen molar-refractivity contribution in [3.8, 4) is 11.5 Å². The van der Waals surface area contributed by atoms with Crippen LogP contribution < -0.4 is 9.47 Å². The molecule has 2 nitrogen and oxygen atoms in total. The fraction of sp³-hybridized carbons (Fsp3) is 0.647. The lowest BCUT2D eigenvalue weighted by molar-refractivity contribution is 0.385. The minimum Gasteiger partial charge on any atom is -0.496 e. The molecule has 0 aliphatic carbocycles. The van der Waals surface area contributed by atoms with Gasteiger partial charge in [-0.3, -0.25) is 0 Å². The number of benzene rings is 1. The molecule has 0 N–H and O–H groups in total. The molecule has 0 unspecified atom stereocenters. The molecule has 0 spiro atoms. The minimum absolute atomic E-state index is 0.906. The normalized spacial score (nSPS) is 10.5. The van der Waals surface area contributed by atoms with Crippen molar-refractivity contribution in [1.82, 2.24) is 0 Å². The van der Waals surface area contributed by atoms with E-state index in [1.807, 2.05) is 6.07 Å². The van der Waals surface area contributed by atoms with Gasteiger partial charge in [-0.15, -0.1) is 0 Å². The van der Waals surface area contributed by atoms with Gasteiger partial charge in [0, 0.05) is 5.56 Å². The summed E-state index contributed by atoms with van der Waals surface area (Å²) in [5, 5.41) is 0. The molecule has 0 saturated carbocycles. The summed E-state index contributed by atoms with van der Waals surface area (Å²) in [5.74, 6) is 1.90. The second-order valence-corrected chi connectivity index (χ2v) is 5.10. The van der Waals surface area contributed by atoms with Gasteiger partial charge >= 0.3 is 0 Å². The fourth-order valence-corrected chi connectivity index (χ4v) is 2.53. The first kappa shape index (κ1) is 15.9. The molecule has 0 heterocycles. The average Bonchev–Trinajstić information content (AvgIpc) is 2.43. The largest absolute Gasteiger partial charge is 0.496 e. The third-order valence-corrected chi connectivity index (χ3v) is 3.66. The first-order valence-corrected chi connectivity index (χ1v) is 7.45. The molecule has 0 atom stereocenters. The van der Waals surface area contributed by atoms with Gasteiger partial charge in [0.1, 0.15) is 11.5 Å². The van der Waals surface area contributed by atoms with Crippen LogP contribution in [-0.2, 0) is 6.42 Å². The Morgan fingerprint density at radius 1 is 0.895 bits per heavy atom. The SMILES string of the molecule is CCCCCCCCc1ccc(OC)c(C)c1OC. The van der Waals surface area contributed by atoms with E-state index >= 15 is 0 Å². The number of aryl methyl sites for hydroxylation is 1. The Kier molecular flexibility index (Phi) is 7.39. The van der Waals surface area contributed by atoms with Crippen molar-refractivity contribution >= 4 is 0 Å². The molecule has 108 valence electrons. The molecule has 0 radical (unpaired) electrons. The van der Waals surface area contributed by atoms with Crippen molar-refractivity contribution in [3.63, 3.8) is 0 Å². The van der Waals surface area contributed by atoms with Gasteiger partial charge in [-0.05, 0) is 31.4 Å². The summed E-state index contributed by atoms with van der Waals surface area (Å²) in [6, 6.07) is 4.18. The van der Waals surface area contributed by atoms with Gasteiger partial charge in [0.25, 0.3) is 0 Å². The Hall–Kier alpha value is -1.18. The Labute approximate surface area is 118 Å². The lowest BCUT2D eigenvalue weighted by atomic mass is 10.0.